The Kier molecular flexibility index (Phi) is 5.41. The van der Waals surface area contributed by atoms with Gasteiger partial charge in [-0.25, -0.2) is 0 Å². The summed E-state index contributed by atoms with van der Waals surface area (Å²) in [6.07, 6.45) is 2.67. The molecule has 1 rings (SSSR count). The number of hydrogen-bond acceptors (Lipinski definition) is 3. The average Bonchev–Trinajstić information content (AvgIpc) is 2.76. The van der Waals surface area contributed by atoms with Crippen molar-refractivity contribution in [1.29, 1.82) is 0 Å². The Morgan fingerprint density at radius 2 is 2.11 bits per heavy atom. The van der Waals surface area contributed by atoms with Crippen LogP contribution in [0.2, 0.25) is 0 Å². The van der Waals surface area contributed by atoms with Crippen LogP contribution in [0.15, 0.2) is 12.3 Å². The number of aryl methyl sites for hydroxylation is 1. The number of aromatic nitrogens is 1. The molecule has 106 valence electrons. The summed E-state index contributed by atoms with van der Waals surface area (Å²) in [5.41, 5.74) is 6.84. The Morgan fingerprint density at radius 3 is 2.63 bits per heavy atom. The van der Waals surface area contributed by atoms with Gasteiger partial charge in [0.15, 0.2) is 0 Å². The first-order valence-corrected chi connectivity index (χ1v) is 6.48. The Bertz CT molecular complexity index is 453. The fraction of sp³-hybridized carbons (Fsp3) is 0.538. The summed E-state index contributed by atoms with van der Waals surface area (Å²) in [5.74, 6) is -0.354. The molecular weight excluding hydrogens is 244 g/mol. The molecule has 0 radical (unpaired) electrons. The van der Waals surface area contributed by atoms with Crippen LogP contribution in [0.4, 0.5) is 5.69 Å². The van der Waals surface area contributed by atoms with E-state index in [1.54, 1.807) is 19.3 Å². The van der Waals surface area contributed by atoms with Crippen LogP contribution in [0, 0.1) is 0 Å². The smallest absolute Gasteiger partial charge is 0.271 e. The minimum Gasteiger partial charge on any atom is -0.397 e. The normalized spacial score (nSPS) is 10.3. The highest BCUT2D eigenvalue weighted by atomic mass is 16.2. The topological polar surface area (TPSA) is 80.4 Å². The van der Waals surface area contributed by atoms with Gasteiger partial charge in [0.1, 0.15) is 5.69 Å². The van der Waals surface area contributed by atoms with E-state index in [0.717, 1.165) is 13.0 Å². The second-order valence-electron chi connectivity index (χ2n) is 4.34. The van der Waals surface area contributed by atoms with Gasteiger partial charge in [0, 0.05) is 26.3 Å². The molecule has 0 aromatic carbocycles. The molecule has 3 N–H and O–H groups in total. The summed E-state index contributed by atoms with van der Waals surface area (Å²) < 4.78 is 1.84. The van der Waals surface area contributed by atoms with Crippen molar-refractivity contribution < 1.29 is 9.59 Å². The van der Waals surface area contributed by atoms with E-state index in [1.165, 1.54) is 4.90 Å². The summed E-state index contributed by atoms with van der Waals surface area (Å²) in [6.45, 7) is 5.15. The number of amides is 2. The largest absolute Gasteiger partial charge is 0.397 e. The molecule has 0 saturated carbocycles. The lowest BCUT2D eigenvalue weighted by atomic mass is 10.3. The van der Waals surface area contributed by atoms with E-state index in [1.807, 2.05) is 18.4 Å². The van der Waals surface area contributed by atoms with Gasteiger partial charge in [-0.1, -0.05) is 6.92 Å². The molecule has 0 atom stereocenters. The van der Waals surface area contributed by atoms with Crippen molar-refractivity contribution in [2.45, 2.75) is 26.8 Å². The molecule has 0 aliphatic rings. The maximum absolute atomic E-state index is 12.4. The number of nitrogens with one attached hydrogen (secondary N) is 1. The van der Waals surface area contributed by atoms with Crippen LogP contribution in [0.3, 0.4) is 0 Å². The van der Waals surface area contributed by atoms with Crippen molar-refractivity contribution in [2.75, 3.05) is 25.9 Å². The SMILES string of the molecule is CCCn1cc(N)cc1C(=O)N(CC)CC(=O)NC. The number of likely N-dealkylation sites (N-methyl/N-ethyl adjacent to an activating group) is 2. The molecule has 1 heterocycles. The summed E-state index contributed by atoms with van der Waals surface area (Å²) in [6, 6.07) is 1.66. The van der Waals surface area contributed by atoms with Crippen molar-refractivity contribution in [3.63, 3.8) is 0 Å². The highest BCUT2D eigenvalue weighted by molar-refractivity contribution is 5.96. The molecule has 0 aliphatic heterocycles. The van der Waals surface area contributed by atoms with Gasteiger partial charge in [0.25, 0.3) is 5.91 Å². The lowest BCUT2D eigenvalue weighted by Crippen LogP contribution is -2.40. The van der Waals surface area contributed by atoms with Crippen LogP contribution < -0.4 is 11.1 Å². The third-order valence-electron chi connectivity index (χ3n) is 2.88. The number of carbonyl (C=O) groups excluding carboxylic acids is 2. The number of nitrogen functional groups attached to an aromatic ring is 1. The van der Waals surface area contributed by atoms with Crippen LogP contribution in [-0.4, -0.2) is 41.4 Å². The van der Waals surface area contributed by atoms with Crippen molar-refractivity contribution in [3.05, 3.63) is 18.0 Å². The minimum absolute atomic E-state index is 0.0586. The molecule has 0 bridgehead atoms. The fourth-order valence-corrected chi connectivity index (χ4v) is 1.88. The zero-order chi connectivity index (χ0) is 14.4. The third-order valence-corrected chi connectivity index (χ3v) is 2.88. The molecule has 1 aromatic heterocycles. The second-order valence-corrected chi connectivity index (χ2v) is 4.34. The maximum atomic E-state index is 12.4. The zero-order valence-electron chi connectivity index (χ0n) is 11.8. The van der Waals surface area contributed by atoms with E-state index >= 15 is 0 Å². The van der Waals surface area contributed by atoms with Crippen molar-refractivity contribution in [1.82, 2.24) is 14.8 Å². The van der Waals surface area contributed by atoms with Gasteiger partial charge < -0.3 is 20.5 Å². The molecule has 2 amide bonds. The molecular formula is C13H22N4O2. The number of rotatable bonds is 6. The number of anilines is 1. The van der Waals surface area contributed by atoms with E-state index in [-0.39, 0.29) is 18.4 Å². The van der Waals surface area contributed by atoms with Gasteiger partial charge in [-0.3, -0.25) is 9.59 Å². The zero-order valence-corrected chi connectivity index (χ0v) is 11.8. The van der Waals surface area contributed by atoms with Crippen molar-refractivity contribution in [2.24, 2.45) is 0 Å². The Morgan fingerprint density at radius 1 is 1.42 bits per heavy atom. The van der Waals surface area contributed by atoms with E-state index < -0.39 is 0 Å². The average molecular weight is 266 g/mol. The van der Waals surface area contributed by atoms with Crippen LogP contribution >= 0.6 is 0 Å². The van der Waals surface area contributed by atoms with Crippen LogP contribution in [0.5, 0.6) is 0 Å². The Hall–Kier alpha value is -1.98. The third kappa shape index (κ3) is 3.74. The van der Waals surface area contributed by atoms with Gasteiger partial charge in [0.05, 0.1) is 12.2 Å². The molecule has 6 heteroatoms. The molecule has 0 fully saturated rings. The van der Waals surface area contributed by atoms with Crippen molar-refractivity contribution >= 4 is 17.5 Å². The first kappa shape index (κ1) is 15.1. The minimum atomic E-state index is -0.184. The molecule has 1 aromatic rings. The number of carbonyl (C=O) groups is 2. The van der Waals surface area contributed by atoms with Crippen molar-refractivity contribution in [3.8, 4) is 0 Å². The van der Waals surface area contributed by atoms with E-state index in [2.05, 4.69) is 5.32 Å². The van der Waals surface area contributed by atoms with Gasteiger partial charge in [-0.2, -0.15) is 0 Å². The van der Waals surface area contributed by atoms with Gasteiger partial charge in [0.2, 0.25) is 5.91 Å². The number of nitrogens with zero attached hydrogens (tertiary/aromatic N) is 2. The highest BCUT2D eigenvalue weighted by Gasteiger charge is 2.20. The molecule has 6 nitrogen and oxygen atoms in total. The van der Waals surface area contributed by atoms with Crippen LogP contribution in [0.1, 0.15) is 30.8 Å². The lowest BCUT2D eigenvalue weighted by molar-refractivity contribution is -0.121. The number of nitrogens with two attached hydrogens (primary N) is 1. The molecule has 0 unspecified atom stereocenters. The van der Waals surface area contributed by atoms with E-state index in [9.17, 15) is 9.59 Å². The van der Waals surface area contributed by atoms with Gasteiger partial charge in [-0.05, 0) is 19.4 Å². The summed E-state index contributed by atoms with van der Waals surface area (Å²) >= 11 is 0. The second kappa shape index (κ2) is 6.82. The van der Waals surface area contributed by atoms with Crippen LogP contribution in [0.25, 0.3) is 0 Å². The Labute approximate surface area is 113 Å². The summed E-state index contributed by atoms with van der Waals surface area (Å²) in [7, 11) is 1.55. The van der Waals surface area contributed by atoms with Gasteiger partial charge in [-0.15, -0.1) is 0 Å². The fourth-order valence-electron chi connectivity index (χ4n) is 1.88. The maximum Gasteiger partial charge on any atom is 0.271 e. The van der Waals surface area contributed by atoms with Gasteiger partial charge >= 0.3 is 0 Å². The summed E-state index contributed by atoms with van der Waals surface area (Å²) in [4.78, 5) is 25.3. The molecule has 19 heavy (non-hydrogen) atoms. The van der Waals surface area contributed by atoms with E-state index in [4.69, 9.17) is 5.73 Å². The predicted octanol–water partition coefficient (Wildman–Crippen LogP) is 0.688. The molecule has 0 aliphatic carbocycles. The first-order valence-electron chi connectivity index (χ1n) is 6.48. The standard InChI is InChI=1S/C13H22N4O2/c1-4-6-17-8-10(14)7-11(17)13(19)16(5-2)9-12(18)15-3/h7-8H,4-6,9,14H2,1-3H3,(H,15,18). The Balaban J connectivity index is 2.93. The van der Waals surface area contributed by atoms with Crippen LogP contribution in [-0.2, 0) is 11.3 Å². The molecule has 0 spiro atoms. The lowest BCUT2D eigenvalue weighted by Gasteiger charge is -2.20. The first-order chi connectivity index (χ1) is 9.03. The summed E-state index contributed by atoms with van der Waals surface area (Å²) in [5, 5.41) is 2.52. The quantitative estimate of drug-likeness (QED) is 0.795. The van der Waals surface area contributed by atoms with E-state index in [0.29, 0.717) is 17.9 Å². The number of hydrogen-bond donors (Lipinski definition) is 2. The molecule has 0 saturated heterocycles. The monoisotopic (exact) mass is 266 g/mol. The predicted molar refractivity (Wildman–Crippen MR) is 74.8 cm³/mol. The highest BCUT2D eigenvalue weighted by Crippen LogP contribution is 2.14.